The fourth-order valence-electron chi connectivity index (χ4n) is 1.95. The molecule has 1 N–H and O–H groups in total. The fraction of sp³-hybridized carbons (Fsp3) is 0.462. The average molecular weight is 334 g/mol. The van der Waals surface area contributed by atoms with Gasteiger partial charge in [-0.25, -0.2) is 0 Å². The number of rotatable bonds is 6. The zero-order valence-electron chi connectivity index (χ0n) is 12.0. The first-order valence-corrected chi connectivity index (χ1v) is 7.25. The maximum absolute atomic E-state index is 12.2. The number of hydrogen-bond donors (Lipinski definition) is 1. The molecule has 0 heterocycles. The molecule has 0 aliphatic heterocycles. The van der Waals surface area contributed by atoms with Gasteiger partial charge in [0, 0.05) is 12.1 Å². The Hall–Kier alpha value is -1.37. The largest absolute Gasteiger partial charge is 0.322 e. The first kappa shape index (κ1) is 17.7. The van der Waals surface area contributed by atoms with E-state index in [1.54, 1.807) is 6.92 Å². The van der Waals surface area contributed by atoms with Gasteiger partial charge in [0.25, 0.3) is 5.69 Å². The Morgan fingerprint density at radius 1 is 1.33 bits per heavy atom. The van der Waals surface area contributed by atoms with Crippen LogP contribution in [0.4, 0.5) is 11.4 Å². The van der Waals surface area contributed by atoms with Gasteiger partial charge in [-0.15, -0.1) is 0 Å². The first-order valence-electron chi connectivity index (χ1n) is 6.50. The zero-order valence-corrected chi connectivity index (χ0v) is 13.5. The second kappa shape index (κ2) is 7.59. The topological polar surface area (TPSA) is 75.5 Å². The third-order valence-electron chi connectivity index (χ3n) is 3.23. The summed E-state index contributed by atoms with van der Waals surface area (Å²) in [5, 5.41) is 13.4. The summed E-state index contributed by atoms with van der Waals surface area (Å²) in [6.45, 7) is 7.15. The normalized spacial score (nSPS) is 12.3. The van der Waals surface area contributed by atoms with Crippen molar-refractivity contribution in [2.45, 2.75) is 26.8 Å². The van der Waals surface area contributed by atoms with Crippen LogP contribution in [0, 0.1) is 10.1 Å². The van der Waals surface area contributed by atoms with Gasteiger partial charge in [-0.1, -0.05) is 37.0 Å². The molecular weight excluding hydrogens is 317 g/mol. The summed E-state index contributed by atoms with van der Waals surface area (Å²) in [6.07, 6.45) is 0. The summed E-state index contributed by atoms with van der Waals surface area (Å²) in [5.74, 6) is -0.267. The Bertz CT molecular complexity index is 524. The molecule has 0 aromatic heterocycles. The monoisotopic (exact) mass is 333 g/mol. The van der Waals surface area contributed by atoms with Crippen LogP contribution in [0.3, 0.4) is 0 Å². The Morgan fingerprint density at radius 3 is 2.19 bits per heavy atom. The fourth-order valence-corrected chi connectivity index (χ4v) is 2.52. The summed E-state index contributed by atoms with van der Waals surface area (Å²) >= 11 is 11.9. The van der Waals surface area contributed by atoms with Gasteiger partial charge in [0.1, 0.15) is 0 Å². The van der Waals surface area contributed by atoms with Gasteiger partial charge in [-0.2, -0.15) is 0 Å². The van der Waals surface area contributed by atoms with Crippen molar-refractivity contribution in [1.29, 1.82) is 0 Å². The summed E-state index contributed by atoms with van der Waals surface area (Å²) in [5.41, 5.74) is -0.0345. The van der Waals surface area contributed by atoms with Crippen molar-refractivity contribution in [1.82, 2.24) is 4.90 Å². The smallest absolute Gasteiger partial charge is 0.272 e. The Balaban J connectivity index is 2.98. The van der Waals surface area contributed by atoms with Gasteiger partial charge in [0.2, 0.25) is 5.91 Å². The maximum Gasteiger partial charge on any atom is 0.272 e. The number of halogens is 2. The lowest BCUT2D eigenvalue weighted by Crippen LogP contribution is -2.41. The van der Waals surface area contributed by atoms with E-state index in [2.05, 4.69) is 5.32 Å². The van der Waals surface area contributed by atoms with Crippen molar-refractivity contribution in [2.75, 3.05) is 18.4 Å². The summed E-state index contributed by atoms with van der Waals surface area (Å²) < 4.78 is 0. The zero-order chi connectivity index (χ0) is 16.2. The highest BCUT2D eigenvalue weighted by molar-refractivity contribution is 6.40. The van der Waals surface area contributed by atoms with Crippen LogP contribution in [0.15, 0.2) is 12.1 Å². The molecule has 21 heavy (non-hydrogen) atoms. The van der Waals surface area contributed by atoms with Crippen LogP contribution in [0.1, 0.15) is 20.8 Å². The van der Waals surface area contributed by atoms with Crippen molar-refractivity contribution in [3.8, 4) is 0 Å². The van der Waals surface area contributed by atoms with E-state index in [-0.39, 0.29) is 33.4 Å². The second-order valence-corrected chi connectivity index (χ2v) is 5.24. The van der Waals surface area contributed by atoms with E-state index in [0.717, 1.165) is 25.2 Å². The molecule has 1 rings (SSSR count). The number of amides is 1. The Morgan fingerprint density at radius 2 is 1.81 bits per heavy atom. The van der Waals surface area contributed by atoms with Crippen LogP contribution in [0.2, 0.25) is 10.0 Å². The summed E-state index contributed by atoms with van der Waals surface area (Å²) in [7, 11) is 0. The number of carbonyl (C=O) groups is 1. The number of non-ortho nitro benzene ring substituents is 1. The lowest BCUT2D eigenvalue weighted by Gasteiger charge is -2.25. The minimum atomic E-state index is -0.595. The lowest BCUT2D eigenvalue weighted by atomic mass is 10.2. The first-order chi connectivity index (χ1) is 9.81. The second-order valence-electron chi connectivity index (χ2n) is 4.43. The van der Waals surface area contributed by atoms with Gasteiger partial charge < -0.3 is 5.32 Å². The van der Waals surface area contributed by atoms with E-state index < -0.39 is 4.92 Å². The van der Waals surface area contributed by atoms with Crippen molar-refractivity contribution >= 4 is 40.5 Å². The van der Waals surface area contributed by atoms with Crippen LogP contribution in [-0.4, -0.2) is 34.9 Å². The third kappa shape index (κ3) is 4.30. The lowest BCUT2D eigenvalue weighted by molar-refractivity contribution is -0.384. The van der Waals surface area contributed by atoms with Crippen LogP contribution in [0.5, 0.6) is 0 Å². The van der Waals surface area contributed by atoms with Crippen molar-refractivity contribution in [2.24, 2.45) is 0 Å². The summed E-state index contributed by atoms with van der Waals surface area (Å²) in [4.78, 5) is 24.3. The van der Waals surface area contributed by atoms with E-state index in [4.69, 9.17) is 23.2 Å². The molecule has 0 saturated carbocycles. The van der Waals surface area contributed by atoms with Crippen molar-refractivity contribution in [3.63, 3.8) is 0 Å². The Labute approximate surface area is 133 Å². The van der Waals surface area contributed by atoms with E-state index >= 15 is 0 Å². The molecular formula is C13H17Cl2N3O3. The minimum Gasteiger partial charge on any atom is -0.322 e. The van der Waals surface area contributed by atoms with Gasteiger partial charge in [0.05, 0.1) is 26.7 Å². The number of likely N-dealkylation sites (N-methyl/N-ethyl adjacent to an activating group) is 1. The van der Waals surface area contributed by atoms with E-state index in [1.165, 1.54) is 0 Å². The van der Waals surface area contributed by atoms with E-state index in [0.29, 0.717) is 0 Å². The standard InChI is InChI=1S/C13H17Cl2N3O3/c1-4-17(5-2)8(3)13(19)16-12-10(14)6-9(18(20)21)7-11(12)15/h6-8H,4-5H2,1-3H3,(H,16,19). The number of benzene rings is 1. The van der Waals surface area contributed by atoms with Crippen molar-refractivity contribution in [3.05, 3.63) is 32.3 Å². The number of nitro benzene ring substituents is 1. The number of hydrogen-bond acceptors (Lipinski definition) is 4. The average Bonchev–Trinajstić information content (AvgIpc) is 2.43. The molecule has 0 spiro atoms. The quantitative estimate of drug-likeness (QED) is 0.637. The van der Waals surface area contributed by atoms with E-state index in [1.807, 2.05) is 18.7 Å². The van der Waals surface area contributed by atoms with Crippen LogP contribution in [0.25, 0.3) is 0 Å². The highest BCUT2D eigenvalue weighted by Gasteiger charge is 2.22. The van der Waals surface area contributed by atoms with E-state index in [9.17, 15) is 14.9 Å². The highest BCUT2D eigenvalue weighted by Crippen LogP contribution is 2.34. The number of nitrogens with zero attached hydrogens (tertiary/aromatic N) is 2. The highest BCUT2D eigenvalue weighted by atomic mass is 35.5. The molecule has 6 nitrogen and oxygen atoms in total. The van der Waals surface area contributed by atoms with Gasteiger partial charge >= 0.3 is 0 Å². The molecule has 0 bridgehead atoms. The molecule has 0 aliphatic carbocycles. The minimum absolute atomic E-state index is 0.0364. The summed E-state index contributed by atoms with van der Waals surface area (Å²) in [6, 6.07) is 1.96. The Kier molecular flexibility index (Phi) is 6.39. The van der Waals surface area contributed by atoms with Crippen LogP contribution in [-0.2, 0) is 4.79 Å². The number of anilines is 1. The molecule has 1 unspecified atom stereocenters. The molecule has 1 atom stereocenters. The SMILES string of the molecule is CCN(CC)C(C)C(=O)Nc1c(Cl)cc([N+](=O)[O-])cc1Cl. The number of nitrogens with one attached hydrogen (secondary N) is 1. The molecule has 116 valence electrons. The van der Waals surface area contributed by atoms with Gasteiger partial charge in [0.15, 0.2) is 0 Å². The molecule has 8 heteroatoms. The molecule has 0 radical (unpaired) electrons. The molecule has 0 fully saturated rings. The van der Waals surface area contributed by atoms with Crippen molar-refractivity contribution < 1.29 is 9.72 Å². The van der Waals surface area contributed by atoms with Crippen LogP contribution >= 0.6 is 23.2 Å². The molecule has 1 aromatic rings. The van der Waals surface area contributed by atoms with Gasteiger partial charge in [-0.3, -0.25) is 19.8 Å². The predicted octanol–water partition coefficient (Wildman–Crippen LogP) is 3.57. The maximum atomic E-state index is 12.2. The molecule has 1 amide bonds. The molecule has 1 aromatic carbocycles. The predicted molar refractivity (Wildman–Crippen MR) is 84.1 cm³/mol. The molecule has 0 aliphatic rings. The molecule has 0 saturated heterocycles. The number of nitro groups is 1. The van der Waals surface area contributed by atoms with Gasteiger partial charge in [-0.05, 0) is 20.0 Å². The number of carbonyl (C=O) groups excluding carboxylic acids is 1. The van der Waals surface area contributed by atoms with Crippen LogP contribution < -0.4 is 5.32 Å². The third-order valence-corrected chi connectivity index (χ3v) is 3.82.